The fourth-order valence-corrected chi connectivity index (χ4v) is 3.87. The molecule has 27 heavy (non-hydrogen) atoms. The monoisotopic (exact) mass is 426 g/mol. The summed E-state index contributed by atoms with van der Waals surface area (Å²) in [6.07, 6.45) is 0.890. The Bertz CT molecular complexity index is 902. The van der Waals surface area contributed by atoms with Gasteiger partial charge in [-0.05, 0) is 55.2 Å². The Morgan fingerprint density at radius 3 is 2.67 bits per heavy atom. The minimum Gasteiger partial charge on any atom is -0.439 e. The van der Waals surface area contributed by atoms with Gasteiger partial charge < -0.3 is 10.1 Å². The van der Waals surface area contributed by atoms with Crippen molar-refractivity contribution in [3.63, 3.8) is 0 Å². The average Bonchev–Trinajstić information content (AvgIpc) is 2.61. The molecular weight excluding hydrogens is 411 g/mol. The van der Waals surface area contributed by atoms with Crippen LogP contribution in [0, 0.1) is 6.92 Å². The van der Waals surface area contributed by atoms with Crippen molar-refractivity contribution in [2.75, 3.05) is 23.4 Å². The van der Waals surface area contributed by atoms with Crippen molar-refractivity contribution in [3.8, 4) is 0 Å². The minimum atomic E-state index is -0.634. The van der Waals surface area contributed by atoms with E-state index in [1.54, 1.807) is 24.3 Å². The summed E-state index contributed by atoms with van der Waals surface area (Å²) in [6, 6.07) is 8.63. The Hall–Kier alpha value is -1.95. The molecule has 5 nitrogen and oxygen atoms in total. The standard InChI is InChI=1S/C19H17Cl3N2O3/c1-11-4-5-16(14(21)7-11)23-17(25)10-27-19(26)24-6-2-3-12-8-13(20)9-15(22)18(12)24/h4-5,7-9H,2-3,6,10H2,1H3,(H,23,25). The van der Waals surface area contributed by atoms with E-state index < -0.39 is 18.6 Å². The molecule has 2 aromatic carbocycles. The molecular formula is C19H17Cl3N2O3. The second-order valence-electron chi connectivity index (χ2n) is 6.24. The summed E-state index contributed by atoms with van der Waals surface area (Å²) in [4.78, 5) is 26.0. The highest BCUT2D eigenvalue weighted by atomic mass is 35.5. The average molecular weight is 428 g/mol. The van der Waals surface area contributed by atoms with Gasteiger partial charge in [-0.15, -0.1) is 0 Å². The van der Waals surface area contributed by atoms with Crippen LogP contribution in [-0.2, 0) is 16.0 Å². The number of benzene rings is 2. The van der Waals surface area contributed by atoms with Gasteiger partial charge in [0.25, 0.3) is 5.91 Å². The van der Waals surface area contributed by atoms with Crippen LogP contribution >= 0.6 is 34.8 Å². The molecule has 2 aromatic rings. The number of halogens is 3. The van der Waals surface area contributed by atoms with Crippen molar-refractivity contribution in [2.24, 2.45) is 0 Å². The number of nitrogens with zero attached hydrogens (tertiary/aromatic N) is 1. The van der Waals surface area contributed by atoms with Crippen LogP contribution in [-0.4, -0.2) is 25.2 Å². The SMILES string of the molecule is Cc1ccc(NC(=O)COC(=O)N2CCCc3cc(Cl)cc(Cl)c32)c(Cl)c1. The highest BCUT2D eigenvalue weighted by Crippen LogP contribution is 2.37. The van der Waals surface area contributed by atoms with Crippen molar-refractivity contribution in [2.45, 2.75) is 19.8 Å². The van der Waals surface area contributed by atoms with Crippen molar-refractivity contribution >= 4 is 58.2 Å². The van der Waals surface area contributed by atoms with Crippen molar-refractivity contribution in [1.29, 1.82) is 0 Å². The summed E-state index contributed by atoms with van der Waals surface area (Å²) in [5, 5.41) is 3.94. The van der Waals surface area contributed by atoms with E-state index in [1.807, 2.05) is 13.0 Å². The Labute approximate surface area is 172 Å². The number of anilines is 2. The van der Waals surface area contributed by atoms with E-state index in [4.69, 9.17) is 39.5 Å². The molecule has 0 radical (unpaired) electrons. The van der Waals surface area contributed by atoms with Gasteiger partial charge in [-0.25, -0.2) is 4.79 Å². The summed E-state index contributed by atoms with van der Waals surface area (Å²) >= 11 is 18.4. The Balaban J connectivity index is 1.64. The molecule has 3 rings (SSSR count). The predicted molar refractivity (Wildman–Crippen MR) is 108 cm³/mol. The lowest BCUT2D eigenvalue weighted by molar-refractivity contribution is -0.118. The summed E-state index contributed by atoms with van der Waals surface area (Å²) in [5.74, 6) is -0.478. The zero-order valence-corrected chi connectivity index (χ0v) is 16.8. The van der Waals surface area contributed by atoms with E-state index >= 15 is 0 Å². The van der Waals surface area contributed by atoms with E-state index in [0.29, 0.717) is 33.0 Å². The zero-order chi connectivity index (χ0) is 19.6. The van der Waals surface area contributed by atoms with E-state index in [9.17, 15) is 9.59 Å². The largest absolute Gasteiger partial charge is 0.439 e. The molecule has 1 heterocycles. The van der Waals surface area contributed by atoms with Crippen LogP contribution in [0.25, 0.3) is 0 Å². The first-order valence-electron chi connectivity index (χ1n) is 8.33. The van der Waals surface area contributed by atoms with Gasteiger partial charge in [0, 0.05) is 11.6 Å². The molecule has 0 fully saturated rings. The Kier molecular flexibility index (Phi) is 6.15. The summed E-state index contributed by atoms with van der Waals surface area (Å²) in [5.41, 5.74) is 2.90. The highest BCUT2D eigenvalue weighted by molar-refractivity contribution is 6.37. The van der Waals surface area contributed by atoms with E-state index in [-0.39, 0.29) is 0 Å². The minimum absolute atomic E-state index is 0.380. The number of aryl methyl sites for hydroxylation is 2. The normalized spacial score (nSPS) is 13.1. The van der Waals surface area contributed by atoms with Crippen LogP contribution in [0.4, 0.5) is 16.2 Å². The number of nitrogens with one attached hydrogen (secondary N) is 1. The van der Waals surface area contributed by atoms with Crippen LogP contribution in [0.3, 0.4) is 0 Å². The van der Waals surface area contributed by atoms with Crippen molar-refractivity contribution in [3.05, 3.63) is 56.5 Å². The maximum atomic E-state index is 12.5. The molecule has 8 heteroatoms. The zero-order valence-electron chi connectivity index (χ0n) is 14.5. The maximum Gasteiger partial charge on any atom is 0.414 e. The first-order valence-corrected chi connectivity index (χ1v) is 9.47. The molecule has 0 bridgehead atoms. The van der Waals surface area contributed by atoms with Gasteiger partial charge in [0.1, 0.15) is 0 Å². The molecule has 1 N–H and O–H groups in total. The second kappa shape index (κ2) is 8.38. The van der Waals surface area contributed by atoms with Gasteiger partial charge in [0.2, 0.25) is 0 Å². The molecule has 0 aliphatic carbocycles. The summed E-state index contributed by atoms with van der Waals surface area (Å²) in [6.45, 7) is 1.92. The molecule has 2 amide bonds. The van der Waals surface area contributed by atoms with Gasteiger partial charge in [0.15, 0.2) is 6.61 Å². The molecule has 0 spiro atoms. The van der Waals surface area contributed by atoms with Crippen LogP contribution < -0.4 is 10.2 Å². The van der Waals surface area contributed by atoms with Gasteiger partial charge in [-0.1, -0.05) is 40.9 Å². The number of rotatable bonds is 3. The number of hydrogen-bond acceptors (Lipinski definition) is 3. The number of carbonyl (C=O) groups is 2. The summed E-state index contributed by atoms with van der Waals surface area (Å²) < 4.78 is 5.16. The van der Waals surface area contributed by atoms with Crippen LogP contribution in [0.1, 0.15) is 17.5 Å². The van der Waals surface area contributed by atoms with Gasteiger partial charge >= 0.3 is 6.09 Å². The fraction of sp³-hybridized carbons (Fsp3) is 0.263. The molecule has 0 saturated heterocycles. The van der Waals surface area contributed by atoms with Crippen molar-refractivity contribution < 1.29 is 14.3 Å². The van der Waals surface area contributed by atoms with Crippen molar-refractivity contribution in [1.82, 2.24) is 0 Å². The lowest BCUT2D eigenvalue weighted by Crippen LogP contribution is -2.37. The lowest BCUT2D eigenvalue weighted by Gasteiger charge is -2.29. The molecule has 0 aromatic heterocycles. The first-order chi connectivity index (χ1) is 12.8. The van der Waals surface area contributed by atoms with E-state index in [0.717, 1.165) is 24.0 Å². The Morgan fingerprint density at radius 2 is 1.93 bits per heavy atom. The molecule has 0 atom stereocenters. The van der Waals surface area contributed by atoms with Crippen LogP contribution in [0.5, 0.6) is 0 Å². The van der Waals surface area contributed by atoms with E-state index in [1.165, 1.54) is 4.90 Å². The molecule has 142 valence electrons. The quantitative estimate of drug-likeness (QED) is 0.705. The van der Waals surface area contributed by atoms with Gasteiger partial charge in [0.05, 0.1) is 21.4 Å². The number of carbonyl (C=O) groups excluding carboxylic acids is 2. The molecule has 1 aliphatic rings. The third kappa shape index (κ3) is 4.67. The smallest absolute Gasteiger partial charge is 0.414 e. The van der Waals surface area contributed by atoms with Gasteiger partial charge in [-0.2, -0.15) is 0 Å². The summed E-state index contributed by atoms with van der Waals surface area (Å²) in [7, 11) is 0. The van der Waals surface area contributed by atoms with Crippen LogP contribution in [0.15, 0.2) is 30.3 Å². The number of hydrogen-bond donors (Lipinski definition) is 1. The van der Waals surface area contributed by atoms with Gasteiger partial charge in [-0.3, -0.25) is 9.69 Å². The lowest BCUT2D eigenvalue weighted by atomic mass is 10.0. The van der Waals surface area contributed by atoms with Crippen LogP contribution in [0.2, 0.25) is 15.1 Å². The molecule has 0 unspecified atom stereocenters. The second-order valence-corrected chi connectivity index (χ2v) is 7.49. The third-order valence-electron chi connectivity index (χ3n) is 4.15. The first kappa shape index (κ1) is 19.8. The number of amides is 2. The Morgan fingerprint density at radius 1 is 1.15 bits per heavy atom. The highest BCUT2D eigenvalue weighted by Gasteiger charge is 2.27. The molecule has 1 aliphatic heterocycles. The molecule has 0 saturated carbocycles. The topological polar surface area (TPSA) is 58.6 Å². The van der Waals surface area contributed by atoms with E-state index in [2.05, 4.69) is 5.32 Å². The third-order valence-corrected chi connectivity index (χ3v) is 4.97. The fourth-order valence-electron chi connectivity index (χ4n) is 2.95. The maximum absolute atomic E-state index is 12.5. The number of ether oxygens (including phenoxy) is 1. The number of fused-ring (bicyclic) bond motifs is 1. The predicted octanol–water partition coefficient (Wildman–Crippen LogP) is 5.48.